The van der Waals surface area contributed by atoms with Crippen LogP contribution in [0.3, 0.4) is 0 Å². The fourth-order valence-electron chi connectivity index (χ4n) is 2.74. The van der Waals surface area contributed by atoms with E-state index in [2.05, 4.69) is 16.6 Å². The van der Waals surface area contributed by atoms with Gasteiger partial charge in [-0.3, -0.25) is 4.68 Å². The van der Waals surface area contributed by atoms with E-state index in [1.165, 1.54) is 11.1 Å². The monoisotopic (exact) mass is 259 g/mol. The Kier molecular flexibility index (Phi) is 3.11. The molecule has 0 radical (unpaired) electrons. The van der Waals surface area contributed by atoms with Crippen LogP contribution >= 0.6 is 0 Å². The molecule has 4 heteroatoms. The summed E-state index contributed by atoms with van der Waals surface area (Å²) < 4.78 is 14.9. The number of benzene rings is 1. The van der Waals surface area contributed by atoms with Crippen LogP contribution in [0.1, 0.15) is 17.5 Å². The zero-order chi connectivity index (χ0) is 13.3. The maximum Gasteiger partial charge on any atom is 0.123 e. The number of hydrogen-bond acceptors (Lipinski definition) is 2. The summed E-state index contributed by atoms with van der Waals surface area (Å²) in [6.07, 6.45) is 6.05. The third-order valence-corrected chi connectivity index (χ3v) is 4.03. The lowest BCUT2D eigenvalue weighted by Gasteiger charge is -2.43. The first-order valence-corrected chi connectivity index (χ1v) is 6.62. The van der Waals surface area contributed by atoms with Crippen molar-refractivity contribution < 1.29 is 4.39 Å². The molecule has 3 nitrogen and oxygen atoms in total. The predicted molar refractivity (Wildman–Crippen MR) is 72.5 cm³/mol. The molecule has 1 N–H and O–H groups in total. The van der Waals surface area contributed by atoms with E-state index in [1.807, 2.05) is 30.1 Å². The van der Waals surface area contributed by atoms with Gasteiger partial charge < -0.3 is 5.32 Å². The summed E-state index contributed by atoms with van der Waals surface area (Å²) in [6, 6.07) is 6.94. The molecule has 1 aromatic carbocycles. The molecule has 1 aromatic heterocycles. The van der Waals surface area contributed by atoms with Crippen molar-refractivity contribution in [2.75, 3.05) is 13.1 Å². The maximum atomic E-state index is 13.0. The number of halogens is 1. The van der Waals surface area contributed by atoms with E-state index in [0.717, 1.165) is 25.9 Å². The molecule has 0 unspecified atom stereocenters. The van der Waals surface area contributed by atoms with Gasteiger partial charge in [-0.1, -0.05) is 12.1 Å². The third-order valence-electron chi connectivity index (χ3n) is 4.03. The van der Waals surface area contributed by atoms with Gasteiger partial charge in [0.2, 0.25) is 0 Å². The van der Waals surface area contributed by atoms with Crippen LogP contribution in [-0.2, 0) is 18.9 Å². The van der Waals surface area contributed by atoms with Gasteiger partial charge in [0.05, 0.1) is 6.20 Å². The van der Waals surface area contributed by atoms with Crippen molar-refractivity contribution >= 4 is 0 Å². The Hall–Kier alpha value is -1.68. The predicted octanol–water partition coefficient (Wildman–Crippen LogP) is 2.03. The number of nitrogens with zero attached hydrogens (tertiary/aromatic N) is 2. The van der Waals surface area contributed by atoms with Crippen molar-refractivity contribution in [2.24, 2.45) is 7.05 Å². The van der Waals surface area contributed by atoms with Crippen molar-refractivity contribution in [3.63, 3.8) is 0 Å². The molecule has 19 heavy (non-hydrogen) atoms. The Morgan fingerprint density at radius 2 is 2.05 bits per heavy atom. The van der Waals surface area contributed by atoms with Crippen molar-refractivity contribution in [3.05, 3.63) is 53.6 Å². The minimum Gasteiger partial charge on any atom is -0.315 e. The Morgan fingerprint density at radius 1 is 1.32 bits per heavy atom. The number of rotatable bonds is 4. The largest absolute Gasteiger partial charge is 0.315 e. The van der Waals surface area contributed by atoms with Crippen LogP contribution in [0.2, 0.25) is 0 Å². The van der Waals surface area contributed by atoms with E-state index in [9.17, 15) is 4.39 Å². The molecule has 1 fully saturated rings. The van der Waals surface area contributed by atoms with E-state index < -0.39 is 0 Å². The highest BCUT2D eigenvalue weighted by Crippen LogP contribution is 2.33. The standard InChI is InChI=1S/C15H18FN3/c1-19-9-12(8-18-19)6-7-15(10-17-11-15)13-2-4-14(16)5-3-13/h2-5,8-9,17H,6-7,10-11H2,1H3. The Bertz CT molecular complexity index is 555. The molecular formula is C15H18FN3. The molecule has 3 rings (SSSR count). The molecule has 0 saturated carbocycles. The van der Waals surface area contributed by atoms with Gasteiger partial charge in [-0.2, -0.15) is 5.10 Å². The highest BCUT2D eigenvalue weighted by molar-refractivity contribution is 5.30. The summed E-state index contributed by atoms with van der Waals surface area (Å²) in [4.78, 5) is 0. The van der Waals surface area contributed by atoms with Crippen LogP contribution in [0.5, 0.6) is 0 Å². The number of hydrogen-bond donors (Lipinski definition) is 1. The molecule has 2 aromatic rings. The van der Waals surface area contributed by atoms with E-state index in [0.29, 0.717) is 0 Å². The first kappa shape index (κ1) is 12.4. The van der Waals surface area contributed by atoms with E-state index >= 15 is 0 Å². The van der Waals surface area contributed by atoms with Crippen molar-refractivity contribution in [1.82, 2.24) is 15.1 Å². The minimum absolute atomic E-state index is 0.156. The summed E-state index contributed by atoms with van der Waals surface area (Å²) >= 11 is 0. The van der Waals surface area contributed by atoms with E-state index in [-0.39, 0.29) is 11.2 Å². The van der Waals surface area contributed by atoms with Crippen LogP contribution in [0.15, 0.2) is 36.7 Å². The molecule has 1 aliphatic rings. The molecule has 0 spiro atoms. The molecule has 1 aliphatic heterocycles. The number of nitrogens with one attached hydrogen (secondary N) is 1. The molecular weight excluding hydrogens is 241 g/mol. The summed E-state index contributed by atoms with van der Waals surface area (Å²) in [5.41, 5.74) is 2.65. The lowest BCUT2D eigenvalue weighted by Crippen LogP contribution is -2.57. The van der Waals surface area contributed by atoms with Crippen LogP contribution in [0, 0.1) is 5.82 Å². The topological polar surface area (TPSA) is 29.9 Å². The Morgan fingerprint density at radius 3 is 2.58 bits per heavy atom. The number of aryl methyl sites for hydroxylation is 2. The average molecular weight is 259 g/mol. The second-order valence-electron chi connectivity index (χ2n) is 5.41. The van der Waals surface area contributed by atoms with Gasteiger partial charge in [-0.05, 0) is 36.1 Å². The molecule has 0 bridgehead atoms. The summed E-state index contributed by atoms with van der Waals surface area (Å²) in [6.45, 7) is 1.94. The fourth-order valence-corrected chi connectivity index (χ4v) is 2.74. The van der Waals surface area contributed by atoms with Gasteiger partial charge in [0.25, 0.3) is 0 Å². The maximum absolute atomic E-state index is 13.0. The smallest absolute Gasteiger partial charge is 0.123 e. The normalized spacial score (nSPS) is 17.2. The highest BCUT2D eigenvalue weighted by atomic mass is 19.1. The van der Waals surface area contributed by atoms with E-state index in [4.69, 9.17) is 0 Å². The molecule has 0 atom stereocenters. The summed E-state index contributed by atoms with van der Waals surface area (Å²) in [7, 11) is 1.93. The highest BCUT2D eigenvalue weighted by Gasteiger charge is 2.38. The fraction of sp³-hybridized carbons (Fsp3) is 0.400. The van der Waals surface area contributed by atoms with Gasteiger partial charge in [-0.25, -0.2) is 4.39 Å². The van der Waals surface area contributed by atoms with Gasteiger partial charge in [-0.15, -0.1) is 0 Å². The van der Waals surface area contributed by atoms with Gasteiger partial charge >= 0.3 is 0 Å². The van der Waals surface area contributed by atoms with Crippen LogP contribution < -0.4 is 5.32 Å². The lowest BCUT2D eigenvalue weighted by atomic mass is 9.71. The minimum atomic E-state index is -0.168. The zero-order valence-corrected chi connectivity index (χ0v) is 11.1. The van der Waals surface area contributed by atoms with Crippen LogP contribution in [0.25, 0.3) is 0 Å². The van der Waals surface area contributed by atoms with Crippen molar-refractivity contribution in [1.29, 1.82) is 0 Å². The second-order valence-corrected chi connectivity index (χ2v) is 5.41. The molecule has 100 valence electrons. The first-order valence-electron chi connectivity index (χ1n) is 6.62. The summed E-state index contributed by atoms with van der Waals surface area (Å²) in [5.74, 6) is -0.168. The molecule has 2 heterocycles. The first-order chi connectivity index (χ1) is 9.18. The van der Waals surface area contributed by atoms with Crippen LogP contribution in [-0.4, -0.2) is 22.9 Å². The quantitative estimate of drug-likeness (QED) is 0.910. The van der Waals surface area contributed by atoms with Gasteiger partial charge in [0, 0.05) is 31.7 Å². The molecule has 0 amide bonds. The Labute approximate surface area is 112 Å². The molecule has 1 saturated heterocycles. The SMILES string of the molecule is Cn1cc(CCC2(c3ccc(F)cc3)CNC2)cn1. The van der Waals surface area contributed by atoms with E-state index in [1.54, 1.807) is 12.1 Å². The van der Waals surface area contributed by atoms with Crippen molar-refractivity contribution in [2.45, 2.75) is 18.3 Å². The van der Waals surface area contributed by atoms with Crippen LogP contribution in [0.4, 0.5) is 4.39 Å². The molecule has 0 aliphatic carbocycles. The summed E-state index contributed by atoms with van der Waals surface area (Å²) in [5, 5.41) is 7.54. The van der Waals surface area contributed by atoms with Gasteiger partial charge in [0.1, 0.15) is 5.82 Å². The number of aromatic nitrogens is 2. The lowest BCUT2D eigenvalue weighted by molar-refractivity contribution is 0.258. The average Bonchev–Trinajstić information content (AvgIpc) is 2.76. The second kappa shape index (κ2) is 4.78. The Balaban J connectivity index is 1.74. The van der Waals surface area contributed by atoms with Crippen molar-refractivity contribution in [3.8, 4) is 0 Å². The van der Waals surface area contributed by atoms with Gasteiger partial charge in [0.15, 0.2) is 0 Å². The third kappa shape index (κ3) is 2.40. The zero-order valence-electron chi connectivity index (χ0n) is 11.1.